The van der Waals surface area contributed by atoms with Crippen molar-refractivity contribution in [1.82, 2.24) is 34.8 Å². The van der Waals surface area contributed by atoms with Crippen LogP contribution < -0.4 is 5.32 Å². The summed E-state index contributed by atoms with van der Waals surface area (Å²) < 4.78 is 12.8. The summed E-state index contributed by atoms with van der Waals surface area (Å²) >= 11 is 0. The molecule has 0 bridgehead atoms. The van der Waals surface area contributed by atoms with Crippen LogP contribution in [0.3, 0.4) is 0 Å². The monoisotopic (exact) mass is 436 g/mol. The Bertz CT molecular complexity index is 1180. The highest BCUT2D eigenvalue weighted by atomic mass is 16.5. The van der Waals surface area contributed by atoms with Crippen LogP contribution in [0.2, 0.25) is 0 Å². The van der Waals surface area contributed by atoms with E-state index in [1.807, 2.05) is 18.2 Å². The Balaban J connectivity index is 1.15. The van der Waals surface area contributed by atoms with Crippen LogP contribution in [0.25, 0.3) is 22.6 Å². The van der Waals surface area contributed by atoms with E-state index in [0.29, 0.717) is 24.0 Å². The average molecular weight is 436 g/mol. The van der Waals surface area contributed by atoms with Gasteiger partial charge in [0.15, 0.2) is 5.82 Å². The summed E-state index contributed by atoms with van der Waals surface area (Å²) in [6.07, 6.45) is 4.04. The first kappa shape index (κ1) is 20.3. The van der Waals surface area contributed by atoms with E-state index in [9.17, 15) is 4.79 Å². The summed E-state index contributed by atoms with van der Waals surface area (Å²) in [5.41, 5.74) is 1.92. The van der Waals surface area contributed by atoms with E-state index in [-0.39, 0.29) is 12.3 Å². The number of aromatic nitrogens is 6. The second-order valence-corrected chi connectivity index (χ2v) is 7.63. The van der Waals surface area contributed by atoms with Crippen LogP contribution in [0.1, 0.15) is 12.3 Å². The third-order valence-corrected chi connectivity index (χ3v) is 5.48. The molecule has 4 aromatic rings. The highest BCUT2D eigenvalue weighted by molar-refractivity contribution is 5.94. The summed E-state index contributed by atoms with van der Waals surface area (Å²) in [6.45, 7) is 5.52. The lowest BCUT2D eigenvalue weighted by atomic mass is 10.2. The Morgan fingerprint density at radius 1 is 1.19 bits per heavy atom. The Labute approximate surface area is 183 Å². The van der Waals surface area contributed by atoms with E-state index in [4.69, 9.17) is 9.26 Å². The molecule has 166 valence electrons. The normalized spacial score (nSPS) is 14.8. The van der Waals surface area contributed by atoms with Gasteiger partial charge < -0.3 is 19.1 Å². The summed E-state index contributed by atoms with van der Waals surface area (Å²) in [5.74, 6) is 1.01. The van der Waals surface area contributed by atoms with Gasteiger partial charge in [-0.05, 0) is 24.3 Å². The molecule has 1 aromatic carbocycles. The number of aromatic amines is 1. The lowest BCUT2D eigenvalue weighted by molar-refractivity contribution is -0.116. The van der Waals surface area contributed by atoms with Gasteiger partial charge >= 0.3 is 0 Å². The van der Waals surface area contributed by atoms with Gasteiger partial charge in [-0.1, -0.05) is 5.16 Å². The number of fused-ring (bicyclic) bond motifs is 1. The fraction of sp³-hybridized carbons (Fsp3) is 0.381. The number of amides is 1. The Morgan fingerprint density at radius 3 is 2.94 bits per heavy atom. The summed E-state index contributed by atoms with van der Waals surface area (Å²) in [5, 5.41) is 14.3. The molecule has 11 heteroatoms. The first-order valence-electron chi connectivity index (χ1n) is 10.6. The van der Waals surface area contributed by atoms with Crippen LogP contribution in [0.15, 0.2) is 41.3 Å². The van der Waals surface area contributed by atoms with Crippen molar-refractivity contribution in [2.75, 3.05) is 38.2 Å². The molecule has 32 heavy (non-hydrogen) atoms. The number of aryl methyl sites for hydroxylation is 1. The van der Waals surface area contributed by atoms with E-state index < -0.39 is 0 Å². The van der Waals surface area contributed by atoms with E-state index in [2.05, 4.69) is 52.4 Å². The first-order chi connectivity index (χ1) is 15.7. The number of hydrogen-bond donors (Lipinski definition) is 2. The molecule has 0 spiro atoms. The highest BCUT2D eigenvalue weighted by Crippen LogP contribution is 2.21. The van der Waals surface area contributed by atoms with Crippen molar-refractivity contribution >= 4 is 22.5 Å². The van der Waals surface area contributed by atoms with Crippen LogP contribution in [0.5, 0.6) is 0 Å². The van der Waals surface area contributed by atoms with Gasteiger partial charge in [0.1, 0.15) is 6.33 Å². The number of carbonyl (C=O) groups excluding carboxylic acids is 1. The van der Waals surface area contributed by atoms with Crippen LogP contribution in [-0.2, 0) is 22.5 Å². The number of H-pyrrole nitrogens is 1. The molecule has 3 aromatic heterocycles. The van der Waals surface area contributed by atoms with Gasteiger partial charge in [-0.15, -0.1) is 0 Å². The van der Waals surface area contributed by atoms with Crippen molar-refractivity contribution in [3.63, 3.8) is 0 Å². The summed E-state index contributed by atoms with van der Waals surface area (Å²) in [4.78, 5) is 23.0. The van der Waals surface area contributed by atoms with Crippen molar-refractivity contribution < 1.29 is 14.1 Å². The lowest BCUT2D eigenvalue weighted by Crippen LogP contribution is -2.38. The topological polar surface area (TPSA) is 127 Å². The zero-order valence-corrected chi connectivity index (χ0v) is 17.5. The van der Waals surface area contributed by atoms with E-state index in [1.54, 1.807) is 0 Å². The fourth-order valence-corrected chi connectivity index (χ4v) is 3.76. The smallest absolute Gasteiger partial charge is 0.239 e. The van der Waals surface area contributed by atoms with Crippen molar-refractivity contribution in [1.29, 1.82) is 0 Å². The zero-order valence-electron chi connectivity index (χ0n) is 17.5. The Kier molecular flexibility index (Phi) is 5.90. The maximum Gasteiger partial charge on any atom is 0.239 e. The molecule has 1 aliphatic heterocycles. The van der Waals surface area contributed by atoms with Gasteiger partial charge in [0, 0.05) is 61.8 Å². The van der Waals surface area contributed by atoms with Crippen molar-refractivity contribution in [3.8, 4) is 11.6 Å². The van der Waals surface area contributed by atoms with E-state index in [0.717, 1.165) is 56.0 Å². The predicted octanol–water partition coefficient (Wildman–Crippen LogP) is 1.71. The molecule has 0 aliphatic carbocycles. The van der Waals surface area contributed by atoms with Gasteiger partial charge in [-0.3, -0.25) is 14.8 Å². The van der Waals surface area contributed by atoms with Gasteiger partial charge in [0.05, 0.1) is 13.2 Å². The molecule has 0 unspecified atom stereocenters. The molecule has 1 saturated heterocycles. The van der Waals surface area contributed by atoms with Gasteiger partial charge in [-0.25, -0.2) is 4.98 Å². The number of ether oxygens (including phenoxy) is 1. The molecule has 1 fully saturated rings. The molecular formula is C21H24N8O3. The van der Waals surface area contributed by atoms with E-state index in [1.165, 1.54) is 6.33 Å². The highest BCUT2D eigenvalue weighted by Gasteiger charge is 2.13. The van der Waals surface area contributed by atoms with Crippen molar-refractivity contribution in [2.24, 2.45) is 0 Å². The van der Waals surface area contributed by atoms with Gasteiger partial charge in [0.2, 0.25) is 17.6 Å². The van der Waals surface area contributed by atoms with Gasteiger partial charge in [-0.2, -0.15) is 10.1 Å². The van der Waals surface area contributed by atoms with Crippen molar-refractivity contribution in [2.45, 2.75) is 19.4 Å². The first-order valence-corrected chi connectivity index (χ1v) is 10.6. The Morgan fingerprint density at radius 2 is 2.09 bits per heavy atom. The quantitative estimate of drug-likeness (QED) is 0.427. The third kappa shape index (κ3) is 4.68. The predicted molar refractivity (Wildman–Crippen MR) is 116 cm³/mol. The molecular weight excluding hydrogens is 412 g/mol. The molecule has 2 N–H and O–H groups in total. The van der Waals surface area contributed by atoms with E-state index >= 15 is 0 Å². The lowest BCUT2D eigenvalue weighted by Gasteiger charge is -2.26. The minimum absolute atomic E-state index is 0.115. The van der Waals surface area contributed by atoms with Crippen LogP contribution >= 0.6 is 0 Å². The van der Waals surface area contributed by atoms with Crippen LogP contribution in [0.4, 0.5) is 5.69 Å². The number of nitrogens with zero attached hydrogens (tertiary/aromatic N) is 6. The molecule has 0 atom stereocenters. The summed E-state index contributed by atoms with van der Waals surface area (Å²) in [6, 6.07) is 8.05. The largest absolute Gasteiger partial charge is 0.379 e. The van der Waals surface area contributed by atoms with Gasteiger partial charge in [0.25, 0.3) is 0 Å². The maximum atomic E-state index is 12.4. The second-order valence-electron chi connectivity index (χ2n) is 7.63. The fourth-order valence-electron chi connectivity index (χ4n) is 3.76. The number of anilines is 1. The minimum atomic E-state index is -0.115. The van der Waals surface area contributed by atoms with Crippen LogP contribution in [0, 0.1) is 0 Å². The standard InChI is InChI=1S/C21H24N8O3/c30-18(3-4-19-25-21(27-32-19)20-22-14-23-26-20)24-16-1-2-17-15(13-16)5-6-29(17)8-7-28-9-11-31-12-10-28/h1-2,5-6,13-14H,3-4,7-12H2,(H,24,30)(H,22,23,26). The molecule has 11 nitrogen and oxygen atoms in total. The number of benzene rings is 1. The van der Waals surface area contributed by atoms with Crippen LogP contribution in [-0.4, -0.2) is 73.5 Å². The number of rotatable bonds is 8. The third-order valence-electron chi connectivity index (χ3n) is 5.48. The SMILES string of the molecule is O=C(CCc1nc(-c2ncn[nH]2)no1)Nc1ccc2c(ccn2CCN2CCOCC2)c1. The number of carbonyl (C=O) groups is 1. The molecule has 0 radical (unpaired) electrons. The molecule has 4 heterocycles. The summed E-state index contributed by atoms with van der Waals surface area (Å²) in [7, 11) is 0. The number of morpholine rings is 1. The second kappa shape index (κ2) is 9.28. The Hall–Kier alpha value is -3.57. The molecule has 0 saturated carbocycles. The molecule has 1 amide bonds. The average Bonchev–Trinajstić information content (AvgIpc) is 3.58. The minimum Gasteiger partial charge on any atom is -0.379 e. The number of hydrogen-bond acceptors (Lipinski definition) is 8. The maximum absolute atomic E-state index is 12.4. The van der Waals surface area contributed by atoms with Crippen molar-refractivity contribution in [3.05, 3.63) is 42.7 Å². The molecule has 5 rings (SSSR count). The molecule has 1 aliphatic rings. The number of nitrogens with one attached hydrogen (secondary N) is 2. The zero-order chi connectivity index (χ0) is 21.8.